The van der Waals surface area contributed by atoms with Crippen LogP contribution in [0.15, 0.2) is 86.8 Å². The molecule has 5 rings (SSSR count). The summed E-state index contributed by atoms with van der Waals surface area (Å²) in [6.07, 6.45) is 1.45. The van der Waals surface area contributed by atoms with Crippen molar-refractivity contribution in [3.63, 3.8) is 0 Å². The minimum absolute atomic E-state index is 0.0586. The fraction of sp³-hybridized carbons (Fsp3) is 0.0435. The van der Waals surface area contributed by atoms with E-state index in [0.29, 0.717) is 33.0 Å². The van der Waals surface area contributed by atoms with E-state index < -0.39 is 5.91 Å². The summed E-state index contributed by atoms with van der Waals surface area (Å²) in [5, 5.41) is 15.0. The molecular weight excluding hydrogens is 431 g/mol. The van der Waals surface area contributed by atoms with E-state index in [0.717, 1.165) is 0 Å². The van der Waals surface area contributed by atoms with Crippen LogP contribution in [0, 0.1) is 11.2 Å². The molecule has 0 unspecified atom stereocenters. The second-order valence-corrected chi connectivity index (χ2v) is 7.86. The molecule has 0 bridgehead atoms. The Hall–Kier alpha value is -3.98. The van der Waals surface area contributed by atoms with Gasteiger partial charge in [0.05, 0.1) is 5.57 Å². The van der Waals surface area contributed by atoms with Gasteiger partial charge < -0.3 is 9.15 Å². The maximum absolute atomic E-state index is 13.1. The van der Waals surface area contributed by atoms with Gasteiger partial charge in [-0.05, 0) is 66.4 Å². The second-order valence-electron chi connectivity index (χ2n) is 6.82. The number of nitrogens with one attached hydrogen (secondary N) is 1. The van der Waals surface area contributed by atoms with Crippen LogP contribution in [-0.4, -0.2) is 33.6 Å². The lowest BCUT2D eigenvalue weighted by atomic mass is 10.1. The first-order valence-corrected chi connectivity index (χ1v) is 10.4. The van der Waals surface area contributed by atoms with Crippen molar-refractivity contribution in [3.05, 3.63) is 83.9 Å². The highest BCUT2D eigenvalue weighted by Gasteiger charge is 2.36. The van der Waals surface area contributed by atoms with Crippen LogP contribution in [-0.2, 0) is 4.79 Å². The number of thioether (sulfide) groups is 1. The molecule has 0 radical (unpaired) electrons. The molecule has 2 aliphatic rings. The third kappa shape index (κ3) is 3.97. The molecular formula is C23H15FN4O3S. The number of amidine groups is 2. The van der Waals surface area contributed by atoms with Gasteiger partial charge in [0.15, 0.2) is 5.84 Å². The lowest BCUT2D eigenvalue weighted by Gasteiger charge is -2.19. The summed E-state index contributed by atoms with van der Waals surface area (Å²) in [6, 6.07) is 18.6. The molecule has 2 aromatic carbocycles. The van der Waals surface area contributed by atoms with Crippen LogP contribution in [0.3, 0.4) is 0 Å². The van der Waals surface area contributed by atoms with Crippen LogP contribution in [0.5, 0.6) is 5.75 Å². The van der Waals surface area contributed by atoms with E-state index in [9.17, 15) is 9.18 Å². The maximum atomic E-state index is 13.1. The molecule has 0 saturated heterocycles. The molecule has 1 N–H and O–H groups in total. The summed E-state index contributed by atoms with van der Waals surface area (Å²) >= 11 is 1.19. The molecule has 32 heavy (non-hydrogen) atoms. The Labute approximate surface area is 186 Å². The quantitative estimate of drug-likeness (QED) is 0.570. The van der Waals surface area contributed by atoms with Gasteiger partial charge in [0.25, 0.3) is 5.91 Å². The molecule has 2 aliphatic heterocycles. The molecule has 1 amide bonds. The predicted octanol–water partition coefficient (Wildman–Crippen LogP) is 4.78. The van der Waals surface area contributed by atoms with Gasteiger partial charge >= 0.3 is 0 Å². The molecule has 9 heteroatoms. The number of carbonyl (C=O) groups excluding carboxylic acids is 1. The fourth-order valence-corrected chi connectivity index (χ4v) is 3.89. The number of aliphatic imine (C=N–C) groups is 1. The number of fused-ring (bicyclic) bond motifs is 1. The number of rotatable bonds is 5. The fourth-order valence-electron chi connectivity index (χ4n) is 3.09. The van der Waals surface area contributed by atoms with Crippen LogP contribution in [0.2, 0.25) is 0 Å². The summed E-state index contributed by atoms with van der Waals surface area (Å²) in [7, 11) is 0. The van der Waals surface area contributed by atoms with Gasteiger partial charge in [0.1, 0.15) is 34.7 Å². The van der Waals surface area contributed by atoms with Crippen LogP contribution in [0.4, 0.5) is 4.39 Å². The van der Waals surface area contributed by atoms with Gasteiger partial charge in [-0.25, -0.2) is 4.39 Å². The van der Waals surface area contributed by atoms with E-state index in [-0.39, 0.29) is 23.8 Å². The first-order chi connectivity index (χ1) is 15.6. The Balaban J connectivity index is 1.34. The Bertz CT molecular complexity index is 1300. The van der Waals surface area contributed by atoms with Crippen molar-refractivity contribution in [2.24, 2.45) is 10.1 Å². The van der Waals surface area contributed by atoms with E-state index >= 15 is 0 Å². The summed E-state index contributed by atoms with van der Waals surface area (Å²) in [4.78, 5) is 16.6. The van der Waals surface area contributed by atoms with Gasteiger partial charge in [0, 0.05) is 5.56 Å². The molecule has 3 aromatic rings. The van der Waals surface area contributed by atoms with Gasteiger partial charge in [-0.1, -0.05) is 18.2 Å². The standard InChI is InChI=1S/C23H15FN4O3S/c24-15-8-6-14(7-9-15)19-11-10-17(31-19)12-18-21(25)28-23(26-22(18)29)32-20(27-28)13-30-16-4-2-1-3-5-16/h1-12,25H,13H2. The number of hydrogen-bond acceptors (Lipinski definition) is 6. The number of amides is 1. The summed E-state index contributed by atoms with van der Waals surface area (Å²) < 4.78 is 24.6. The van der Waals surface area contributed by atoms with Crippen molar-refractivity contribution >= 4 is 39.8 Å². The molecule has 158 valence electrons. The van der Waals surface area contributed by atoms with Crippen molar-refractivity contribution in [2.45, 2.75) is 0 Å². The zero-order valence-corrected chi connectivity index (χ0v) is 17.3. The minimum Gasteiger partial charge on any atom is -0.487 e. The number of furan rings is 1. The van der Waals surface area contributed by atoms with E-state index in [2.05, 4.69) is 10.1 Å². The molecule has 0 aliphatic carbocycles. The number of nitrogens with zero attached hydrogens (tertiary/aromatic N) is 3. The summed E-state index contributed by atoms with van der Waals surface area (Å²) in [5.41, 5.74) is 0.758. The monoisotopic (exact) mass is 446 g/mol. The Morgan fingerprint density at radius 2 is 1.88 bits per heavy atom. The third-order valence-electron chi connectivity index (χ3n) is 4.64. The van der Waals surface area contributed by atoms with Crippen LogP contribution >= 0.6 is 11.8 Å². The van der Waals surface area contributed by atoms with Crippen molar-refractivity contribution in [3.8, 4) is 17.1 Å². The molecule has 0 saturated carbocycles. The van der Waals surface area contributed by atoms with E-state index in [1.165, 1.54) is 35.0 Å². The molecule has 0 fully saturated rings. The van der Waals surface area contributed by atoms with E-state index in [4.69, 9.17) is 14.6 Å². The van der Waals surface area contributed by atoms with Gasteiger partial charge in [-0.3, -0.25) is 10.2 Å². The van der Waals surface area contributed by atoms with Crippen molar-refractivity contribution < 1.29 is 18.3 Å². The number of ether oxygens (including phenoxy) is 1. The highest BCUT2D eigenvalue weighted by molar-refractivity contribution is 8.27. The van der Waals surface area contributed by atoms with Crippen molar-refractivity contribution in [1.29, 1.82) is 5.41 Å². The van der Waals surface area contributed by atoms with Gasteiger partial charge in [-0.15, -0.1) is 0 Å². The zero-order valence-electron chi connectivity index (χ0n) is 16.5. The first-order valence-electron chi connectivity index (χ1n) is 9.59. The lowest BCUT2D eigenvalue weighted by molar-refractivity contribution is -0.114. The average molecular weight is 446 g/mol. The highest BCUT2D eigenvalue weighted by Crippen LogP contribution is 2.30. The molecule has 1 aromatic heterocycles. The summed E-state index contributed by atoms with van der Waals surface area (Å²) in [5.74, 6) is 0.612. The SMILES string of the molecule is N=C1C(=Cc2ccc(-c3ccc(F)cc3)o2)C(=O)N=C2SC(COc3ccccc3)=NN12. The van der Waals surface area contributed by atoms with Crippen LogP contribution < -0.4 is 4.74 Å². The second kappa shape index (κ2) is 8.27. The Morgan fingerprint density at radius 3 is 2.66 bits per heavy atom. The largest absolute Gasteiger partial charge is 0.487 e. The number of halogens is 1. The third-order valence-corrected chi connectivity index (χ3v) is 5.53. The molecule has 3 heterocycles. The van der Waals surface area contributed by atoms with Crippen LogP contribution in [0.25, 0.3) is 17.4 Å². The van der Waals surface area contributed by atoms with Crippen molar-refractivity contribution in [2.75, 3.05) is 6.61 Å². The Kier molecular flexibility index (Phi) is 5.16. The molecule has 0 spiro atoms. The predicted molar refractivity (Wildman–Crippen MR) is 121 cm³/mol. The maximum Gasteiger partial charge on any atom is 0.283 e. The molecule has 0 atom stereocenters. The number of para-hydroxylation sites is 1. The van der Waals surface area contributed by atoms with Crippen LogP contribution in [0.1, 0.15) is 5.76 Å². The van der Waals surface area contributed by atoms with Gasteiger partial charge in [-0.2, -0.15) is 15.1 Å². The smallest absolute Gasteiger partial charge is 0.283 e. The first kappa shape index (κ1) is 20.0. The van der Waals surface area contributed by atoms with Gasteiger partial charge in [0.2, 0.25) is 5.17 Å². The minimum atomic E-state index is -0.547. The summed E-state index contributed by atoms with van der Waals surface area (Å²) in [6.45, 7) is 0.198. The Morgan fingerprint density at radius 1 is 1.09 bits per heavy atom. The topological polar surface area (TPSA) is 91.2 Å². The van der Waals surface area contributed by atoms with E-state index in [1.807, 2.05) is 30.3 Å². The number of hydrazone groups is 1. The molecule has 7 nitrogen and oxygen atoms in total. The highest BCUT2D eigenvalue weighted by atomic mass is 32.2. The lowest BCUT2D eigenvalue weighted by Crippen LogP contribution is -2.35. The van der Waals surface area contributed by atoms with E-state index in [1.54, 1.807) is 24.3 Å². The number of benzene rings is 2. The zero-order chi connectivity index (χ0) is 22.1. The number of hydrogen-bond donors (Lipinski definition) is 1. The number of carbonyl (C=O) groups is 1. The average Bonchev–Trinajstić information content (AvgIpc) is 3.44. The normalized spacial score (nSPS) is 16.8. The van der Waals surface area contributed by atoms with Crippen molar-refractivity contribution in [1.82, 2.24) is 5.01 Å².